The standard InChI is InChI=1S/C12H17NO3S/c1-9(13)10-2-4-11(5-3-10)16-12-6-7-17(14,15)8-12/h2-5,9,12H,6-8,13H2,1H3. The first-order chi connectivity index (χ1) is 7.96. The molecule has 1 aromatic rings. The second-order valence-corrected chi connectivity index (χ2v) is 6.73. The van der Waals surface area contributed by atoms with Crippen LogP contribution in [0.4, 0.5) is 0 Å². The molecule has 94 valence electrons. The summed E-state index contributed by atoms with van der Waals surface area (Å²) in [6.45, 7) is 1.92. The van der Waals surface area contributed by atoms with E-state index in [9.17, 15) is 8.42 Å². The summed E-state index contributed by atoms with van der Waals surface area (Å²) in [6.07, 6.45) is 0.373. The maximum absolute atomic E-state index is 11.3. The van der Waals surface area contributed by atoms with Crippen molar-refractivity contribution in [2.45, 2.75) is 25.5 Å². The molecule has 0 aliphatic carbocycles. The number of rotatable bonds is 3. The zero-order chi connectivity index (χ0) is 12.5. The Bertz CT molecular complexity index is 479. The van der Waals surface area contributed by atoms with Crippen LogP contribution in [0.25, 0.3) is 0 Å². The van der Waals surface area contributed by atoms with Crippen molar-refractivity contribution >= 4 is 9.84 Å². The van der Waals surface area contributed by atoms with Gasteiger partial charge in [-0.3, -0.25) is 0 Å². The first kappa shape index (κ1) is 12.4. The molecule has 5 heteroatoms. The Kier molecular flexibility index (Phi) is 3.40. The minimum atomic E-state index is -2.88. The fraction of sp³-hybridized carbons (Fsp3) is 0.500. The molecule has 2 rings (SSSR count). The minimum absolute atomic E-state index is 0.00379. The Morgan fingerprint density at radius 1 is 1.35 bits per heavy atom. The van der Waals surface area contributed by atoms with Gasteiger partial charge in [-0.05, 0) is 31.0 Å². The van der Waals surface area contributed by atoms with Gasteiger partial charge < -0.3 is 10.5 Å². The maximum atomic E-state index is 11.3. The number of hydrogen-bond acceptors (Lipinski definition) is 4. The highest BCUT2D eigenvalue weighted by Crippen LogP contribution is 2.21. The van der Waals surface area contributed by atoms with E-state index in [2.05, 4.69) is 0 Å². The van der Waals surface area contributed by atoms with Crippen molar-refractivity contribution in [1.82, 2.24) is 0 Å². The van der Waals surface area contributed by atoms with Crippen LogP contribution in [0.15, 0.2) is 24.3 Å². The van der Waals surface area contributed by atoms with Gasteiger partial charge in [0.25, 0.3) is 0 Å². The predicted octanol–water partition coefficient (Wildman–Crippen LogP) is 1.27. The summed E-state index contributed by atoms with van der Waals surface area (Å²) in [4.78, 5) is 0. The van der Waals surface area contributed by atoms with E-state index in [1.54, 1.807) is 0 Å². The van der Waals surface area contributed by atoms with Gasteiger partial charge in [0.05, 0.1) is 11.5 Å². The lowest BCUT2D eigenvalue weighted by Crippen LogP contribution is -2.17. The molecule has 1 heterocycles. The van der Waals surface area contributed by atoms with Crippen molar-refractivity contribution in [3.8, 4) is 5.75 Å². The Morgan fingerprint density at radius 2 is 2.00 bits per heavy atom. The lowest BCUT2D eigenvalue weighted by molar-refractivity contribution is 0.229. The smallest absolute Gasteiger partial charge is 0.154 e. The first-order valence-electron chi connectivity index (χ1n) is 5.69. The number of nitrogens with two attached hydrogens (primary N) is 1. The Labute approximate surface area is 102 Å². The zero-order valence-corrected chi connectivity index (χ0v) is 10.6. The fourth-order valence-electron chi connectivity index (χ4n) is 1.90. The molecule has 1 saturated heterocycles. The van der Waals surface area contributed by atoms with Crippen LogP contribution in [0, 0.1) is 0 Å². The molecule has 2 unspecified atom stereocenters. The molecule has 1 fully saturated rings. The summed E-state index contributed by atoms with van der Waals surface area (Å²) in [6, 6.07) is 7.48. The van der Waals surface area contributed by atoms with Gasteiger partial charge >= 0.3 is 0 Å². The van der Waals surface area contributed by atoms with E-state index < -0.39 is 9.84 Å². The third kappa shape index (κ3) is 3.20. The third-order valence-corrected chi connectivity index (χ3v) is 4.64. The molecule has 0 aromatic heterocycles. The number of ether oxygens (including phenoxy) is 1. The Hall–Kier alpha value is -1.07. The summed E-state index contributed by atoms with van der Waals surface area (Å²) < 4.78 is 28.2. The maximum Gasteiger partial charge on any atom is 0.154 e. The molecular weight excluding hydrogens is 238 g/mol. The SMILES string of the molecule is CC(N)c1ccc(OC2CCS(=O)(=O)C2)cc1. The largest absolute Gasteiger partial charge is 0.489 e. The molecule has 1 aliphatic heterocycles. The van der Waals surface area contributed by atoms with Crippen LogP contribution < -0.4 is 10.5 Å². The average Bonchev–Trinajstić information content (AvgIpc) is 2.59. The van der Waals surface area contributed by atoms with E-state index in [1.807, 2.05) is 31.2 Å². The van der Waals surface area contributed by atoms with E-state index in [0.29, 0.717) is 12.2 Å². The number of benzene rings is 1. The van der Waals surface area contributed by atoms with Crippen LogP contribution >= 0.6 is 0 Å². The summed E-state index contributed by atoms with van der Waals surface area (Å²) in [7, 11) is -2.88. The second kappa shape index (κ2) is 4.66. The average molecular weight is 255 g/mol. The van der Waals surface area contributed by atoms with E-state index in [0.717, 1.165) is 5.56 Å². The third-order valence-electron chi connectivity index (χ3n) is 2.90. The van der Waals surface area contributed by atoms with E-state index in [1.165, 1.54) is 0 Å². The second-order valence-electron chi connectivity index (χ2n) is 4.50. The Morgan fingerprint density at radius 3 is 2.47 bits per heavy atom. The van der Waals surface area contributed by atoms with Gasteiger partial charge in [0.2, 0.25) is 0 Å². The van der Waals surface area contributed by atoms with Crippen LogP contribution in [0.2, 0.25) is 0 Å². The van der Waals surface area contributed by atoms with Gasteiger partial charge in [0.15, 0.2) is 9.84 Å². The van der Waals surface area contributed by atoms with Gasteiger partial charge in [0.1, 0.15) is 11.9 Å². The van der Waals surface area contributed by atoms with Gasteiger partial charge in [-0.15, -0.1) is 0 Å². The monoisotopic (exact) mass is 255 g/mol. The molecule has 1 aromatic carbocycles. The van der Waals surface area contributed by atoms with Gasteiger partial charge in [0, 0.05) is 6.04 Å². The molecule has 0 bridgehead atoms. The van der Waals surface area contributed by atoms with Crippen molar-refractivity contribution in [1.29, 1.82) is 0 Å². The topological polar surface area (TPSA) is 69.4 Å². The van der Waals surface area contributed by atoms with Gasteiger partial charge in [-0.2, -0.15) is 0 Å². The van der Waals surface area contributed by atoms with Crippen molar-refractivity contribution < 1.29 is 13.2 Å². The Balaban J connectivity index is 2.00. The fourth-order valence-corrected chi connectivity index (χ4v) is 3.49. The van der Waals surface area contributed by atoms with E-state index >= 15 is 0 Å². The van der Waals surface area contributed by atoms with Crippen LogP contribution in [0.1, 0.15) is 24.9 Å². The van der Waals surface area contributed by atoms with Crippen LogP contribution in [0.5, 0.6) is 5.75 Å². The summed E-state index contributed by atoms with van der Waals surface area (Å²) in [5, 5.41) is 0. The molecule has 1 aliphatic rings. The summed E-state index contributed by atoms with van der Waals surface area (Å²) in [5.74, 6) is 1.06. The normalized spacial score (nSPS) is 24.5. The molecule has 0 saturated carbocycles. The minimum Gasteiger partial charge on any atom is -0.489 e. The van der Waals surface area contributed by atoms with Crippen molar-refractivity contribution in [3.05, 3.63) is 29.8 Å². The quantitative estimate of drug-likeness (QED) is 0.883. The van der Waals surface area contributed by atoms with Gasteiger partial charge in [-0.1, -0.05) is 12.1 Å². The molecule has 2 atom stereocenters. The predicted molar refractivity (Wildman–Crippen MR) is 66.7 cm³/mol. The van der Waals surface area contributed by atoms with Gasteiger partial charge in [-0.25, -0.2) is 8.42 Å². The number of sulfone groups is 1. The zero-order valence-electron chi connectivity index (χ0n) is 9.80. The summed E-state index contributed by atoms with van der Waals surface area (Å²) in [5.41, 5.74) is 6.78. The van der Waals surface area contributed by atoms with E-state index in [4.69, 9.17) is 10.5 Å². The molecule has 17 heavy (non-hydrogen) atoms. The first-order valence-corrected chi connectivity index (χ1v) is 7.51. The summed E-state index contributed by atoms with van der Waals surface area (Å²) >= 11 is 0. The molecule has 4 nitrogen and oxygen atoms in total. The van der Waals surface area contributed by atoms with E-state index in [-0.39, 0.29) is 23.7 Å². The highest BCUT2D eigenvalue weighted by atomic mass is 32.2. The van der Waals surface area contributed by atoms with Crippen LogP contribution in [-0.4, -0.2) is 26.0 Å². The molecule has 0 spiro atoms. The van der Waals surface area contributed by atoms with Crippen molar-refractivity contribution in [2.24, 2.45) is 5.73 Å². The molecular formula is C12H17NO3S. The van der Waals surface area contributed by atoms with Crippen molar-refractivity contribution in [3.63, 3.8) is 0 Å². The van der Waals surface area contributed by atoms with Crippen LogP contribution in [0.3, 0.4) is 0 Å². The molecule has 2 N–H and O–H groups in total. The lowest BCUT2D eigenvalue weighted by Gasteiger charge is -2.13. The number of hydrogen-bond donors (Lipinski definition) is 1. The molecule has 0 radical (unpaired) electrons. The highest BCUT2D eigenvalue weighted by Gasteiger charge is 2.29. The van der Waals surface area contributed by atoms with Crippen LogP contribution in [-0.2, 0) is 9.84 Å². The van der Waals surface area contributed by atoms with Crippen molar-refractivity contribution in [2.75, 3.05) is 11.5 Å². The lowest BCUT2D eigenvalue weighted by atomic mass is 10.1. The molecule has 0 amide bonds. The highest BCUT2D eigenvalue weighted by molar-refractivity contribution is 7.91.